The molecular formula is C12H13N5O2S. The summed E-state index contributed by atoms with van der Waals surface area (Å²) in [7, 11) is 1.99. The van der Waals surface area contributed by atoms with Crippen LogP contribution < -0.4 is 0 Å². The third kappa shape index (κ3) is 2.75. The van der Waals surface area contributed by atoms with Gasteiger partial charge in [-0.15, -0.1) is 5.10 Å². The molecule has 0 aliphatic heterocycles. The molecule has 0 fully saturated rings. The van der Waals surface area contributed by atoms with E-state index in [1.54, 1.807) is 18.4 Å². The lowest BCUT2D eigenvalue weighted by molar-refractivity contribution is 0.303. The van der Waals surface area contributed by atoms with Gasteiger partial charge in [-0.25, -0.2) is 0 Å². The van der Waals surface area contributed by atoms with Crippen LogP contribution >= 0.6 is 11.5 Å². The van der Waals surface area contributed by atoms with E-state index in [2.05, 4.69) is 24.6 Å². The molecule has 0 N–H and O–H groups in total. The summed E-state index contributed by atoms with van der Waals surface area (Å²) >= 11 is 1.41. The molecule has 0 bridgehead atoms. The molecule has 0 saturated heterocycles. The van der Waals surface area contributed by atoms with Gasteiger partial charge < -0.3 is 8.94 Å². The maximum atomic E-state index is 5.21. The van der Waals surface area contributed by atoms with E-state index in [0.29, 0.717) is 24.0 Å². The van der Waals surface area contributed by atoms with Crippen molar-refractivity contribution in [3.8, 4) is 11.7 Å². The van der Waals surface area contributed by atoms with E-state index in [1.807, 2.05) is 14.0 Å². The van der Waals surface area contributed by atoms with Crippen LogP contribution in [0.2, 0.25) is 0 Å². The molecule has 0 atom stereocenters. The lowest BCUT2D eigenvalue weighted by Gasteiger charge is -2.12. The van der Waals surface area contributed by atoms with Gasteiger partial charge in [-0.2, -0.15) is 4.98 Å². The predicted octanol–water partition coefficient (Wildman–Crippen LogP) is 2.12. The van der Waals surface area contributed by atoms with Gasteiger partial charge in [-0.05, 0) is 37.6 Å². The summed E-state index contributed by atoms with van der Waals surface area (Å²) in [4.78, 5) is 7.53. The first-order valence-corrected chi connectivity index (χ1v) is 6.82. The first kappa shape index (κ1) is 12.9. The van der Waals surface area contributed by atoms with Crippen LogP contribution in [0.25, 0.3) is 11.7 Å². The second kappa shape index (κ2) is 5.51. The molecule has 0 radical (unpaired) electrons. The standard InChI is InChI=1S/C12H13N5O2S/c1-8-10(20-16-14-8)6-17(2)7-11-13-12(19-15-11)9-4-3-5-18-9/h3-5H,6-7H2,1-2H3. The van der Waals surface area contributed by atoms with E-state index < -0.39 is 0 Å². The number of hydrogen-bond acceptors (Lipinski definition) is 8. The van der Waals surface area contributed by atoms with E-state index in [9.17, 15) is 0 Å². The van der Waals surface area contributed by atoms with Gasteiger partial charge in [0.05, 0.1) is 23.4 Å². The van der Waals surface area contributed by atoms with Crippen LogP contribution in [0.15, 0.2) is 27.3 Å². The van der Waals surface area contributed by atoms with Gasteiger partial charge in [-0.3, -0.25) is 4.90 Å². The molecule has 0 amide bonds. The molecule has 0 spiro atoms. The molecule has 3 heterocycles. The van der Waals surface area contributed by atoms with Crippen molar-refractivity contribution in [2.24, 2.45) is 0 Å². The number of furan rings is 1. The largest absolute Gasteiger partial charge is 0.459 e. The van der Waals surface area contributed by atoms with Crippen molar-refractivity contribution in [3.63, 3.8) is 0 Å². The van der Waals surface area contributed by atoms with Crippen LogP contribution in [-0.4, -0.2) is 31.7 Å². The van der Waals surface area contributed by atoms with Gasteiger partial charge in [0.25, 0.3) is 5.89 Å². The number of aromatic nitrogens is 4. The molecule has 104 valence electrons. The van der Waals surface area contributed by atoms with Crippen molar-refractivity contribution in [2.75, 3.05) is 7.05 Å². The van der Waals surface area contributed by atoms with Crippen molar-refractivity contribution in [1.82, 2.24) is 24.6 Å². The molecule has 8 heteroatoms. The Kier molecular flexibility index (Phi) is 3.57. The van der Waals surface area contributed by atoms with Crippen LogP contribution in [0.3, 0.4) is 0 Å². The van der Waals surface area contributed by atoms with E-state index in [4.69, 9.17) is 8.94 Å². The van der Waals surface area contributed by atoms with Crippen LogP contribution in [0, 0.1) is 6.92 Å². The molecule has 3 rings (SSSR count). The van der Waals surface area contributed by atoms with Crippen molar-refractivity contribution >= 4 is 11.5 Å². The summed E-state index contributed by atoms with van der Waals surface area (Å²) in [5.41, 5.74) is 0.964. The van der Waals surface area contributed by atoms with Gasteiger partial charge in [-0.1, -0.05) is 9.64 Å². The third-order valence-electron chi connectivity index (χ3n) is 2.77. The molecule has 0 aliphatic carbocycles. The monoisotopic (exact) mass is 291 g/mol. The highest BCUT2D eigenvalue weighted by molar-refractivity contribution is 7.05. The maximum Gasteiger partial charge on any atom is 0.293 e. The number of hydrogen-bond donors (Lipinski definition) is 0. The van der Waals surface area contributed by atoms with Gasteiger partial charge >= 0.3 is 0 Å². The minimum atomic E-state index is 0.397. The van der Waals surface area contributed by atoms with Gasteiger partial charge in [0, 0.05) is 6.54 Å². The first-order valence-electron chi connectivity index (χ1n) is 6.05. The molecule has 0 unspecified atom stereocenters. The fourth-order valence-corrected chi connectivity index (χ4v) is 2.47. The Balaban J connectivity index is 1.65. The highest BCUT2D eigenvalue weighted by Crippen LogP contribution is 2.18. The summed E-state index contributed by atoms with van der Waals surface area (Å²) in [6, 6.07) is 3.57. The topological polar surface area (TPSA) is 81.1 Å². The normalized spacial score (nSPS) is 11.3. The Morgan fingerprint density at radius 2 is 2.25 bits per heavy atom. The van der Waals surface area contributed by atoms with E-state index in [-0.39, 0.29) is 0 Å². The van der Waals surface area contributed by atoms with E-state index in [0.717, 1.165) is 17.1 Å². The molecule has 20 heavy (non-hydrogen) atoms. The van der Waals surface area contributed by atoms with Gasteiger partial charge in [0.15, 0.2) is 11.6 Å². The molecule has 0 aromatic carbocycles. The van der Waals surface area contributed by atoms with Crippen molar-refractivity contribution < 1.29 is 8.94 Å². The highest BCUT2D eigenvalue weighted by atomic mass is 32.1. The Labute approximate surface area is 119 Å². The highest BCUT2D eigenvalue weighted by Gasteiger charge is 2.14. The summed E-state index contributed by atoms with van der Waals surface area (Å²) in [5.74, 6) is 1.59. The zero-order valence-corrected chi connectivity index (χ0v) is 11.9. The number of rotatable bonds is 5. The van der Waals surface area contributed by atoms with E-state index in [1.165, 1.54) is 11.5 Å². The molecule has 3 aromatic rings. The zero-order valence-electron chi connectivity index (χ0n) is 11.1. The average Bonchev–Trinajstić information content (AvgIpc) is 3.12. The smallest absolute Gasteiger partial charge is 0.293 e. The number of aryl methyl sites for hydroxylation is 1. The van der Waals surface area contributed by atoms with E-state index >= 15 is 0 Å². The number of nitrogens with zero attached hydrogens (tertiary/aromatic N) is 5. The second-order valence-corrected chi connectivity index (χ2v) is 5.29. The minimum absolute atomic E-state index is 0.397. The summed E-state index contributed by atoms with van der Waals surface area (Å²) < 4.78 is 14.3. The fraction of sp³-hybridized carbons (Fsp3) is 0.333. The SMILES string of the molecule is Cc1nnsc1CN(C)Cc1noc(-c2ccco2)n1. The van der Waals surface area contributed by atoms with Crippen LogP contribution in [0.4, 0.5) is 0 Å². The Hall–Kier alpha value is -2.06. The third-order valence-corrected chi connectivity index (χ3v) is 3.58. The molecule has 0 saturated carbocycles. The summed E-state index contributed by atoms with van der Waals surface area (Å²) in [6.45, 7) is 3.30. The molecule has 7 nitrogen and oxygen atoms in total. The first-order chi connectivity index (χ1) is 9.72. The maximum absolute atomic E-state index is 5.21. The van der Waals surface area contributed by atoms with Gasteiger partial charge in [0.1, 0.15) is 0 Å². The fourth-order valence-electron chi connectivity index (χ4n) is 1.76. The Morgan fingerprint density at radius 3 is 2.95 bits per heavy atom. The summed E-state index contributed by atoms with van der Waals surface area (Å²) in [5, 5.41) is 7.94. The van der Waals surface area contributed by atoms with Gasteiger partial charge in [0.2, 0.25) is 0 Å². The molecular weight excluding hydrogens is 278 g/mol. The van der Waals surface area contributed by atoms with Crippen LogP contribution in [-0.2, 0) is 13.1 Å². The lowest BCUT2D eigenvalue weighted by Crippen LogP contribution is -2.17. The molecule has 3 aromatic heterocycles. The lowest BCUT2D eigenvalue weighted by atomic mass is 10.3. The quantitative estimate of drug-likeness (QED) is 0.712. The minimum Gasteiger partial charge on any atom is -0.459 e. The second-order valence-electron chi connectivity index (χ2n) is 4.45. The Bertz CT molecular complexity index is 676. The van der Waals surface area contributed by atoms with Crippen molar-refractivity contribution in [2.45, 2.75) is 20.0 Å². The molecule has 0 aliphatic rings. The summed E-state index contributed by atoms with van der Waals surface area (Å²) in [6.07, 6.45) is 1.57. The zero-order chi connectivity index (χ0) is 13.9. The van der Waals surface area contributed by atoms with Crippen molar-refractivity contribution in [3.05, 3.63) is 34.8 Å². The van der Waals surface area contributed by atoms with Crippen LogP contribution in [0.1, 0.15) is 16.4 Å². The average molecular weight is 291 g/mol. The van der Waals surface area contributed by atoms with Crippen LogP contribution in [0.5, 0.6) is 0 Å². The predicted molar refractivity (Wildman–Crippen MR) is 71.8 cm³/mol. The Morgan fingerprint density at radius 1 is 1.35 bits per heavy atom. The van der Waals surface area contributed by atoms with Crippen molar-refractivity contribution in [1.29, 1.82) is 0 Å².